The van der Waals surface area contributed by atoms with Crippen molar-refractivity contribution in [2.75, 3.05) is 37.6 Å². The molecule has 0 spiro atoms. The van der Waals surface area contributed by atoms with Crippen molar-refractivity contribution in [1.29, 1.82) is 0 Å². The third-order valence-electron chi connectivity index (χ3n) is 5.54. The Hall–Kier alpha value is -2.22. The Morgan fingerprint density at radius 1 is 1.35 bits per heavy atom. The van der Waals surface area contributed by atoms with Crippen LogP contribution in [0.1, 0.15) is 43.0 Å². The molecule has 2 saturated heterocycles. The van der Waals surface area contributed by atoms with Crippen LogP contribution in [0.4, 0.5) is 11.5 Å². The predicted molar refractivity (Wildman–Crippen MR) is 99.2 cm³/mol. The van der Waals surface area contributed by atoms with Gasteiger partial charge in [0.15, 0.2) is 0 Å². The number of amides is 1. The van der Waals surface area contributed by atoms with Gasteiger partial charge in [0.25, 0.3) is 11.6 Å². The highest BCUT2D eigenvalue weighted by Crippen LogP contribution is 2.28. The summed E-state index contributed by atoms with van der Waals surface area (Å²) in [4.78, 5) is 31.0. The SMILES string of the molecule is CC1CCN(CC2CCCN(c3ncc([N+](=O)[O-])cc3C(N)=O)C2)CC1. The first-order chi connectivity index (χ1) is 12.4. The summed E-state index contributed by atoms with van der Waals surface area (Å²) in [6, 6.07) is 1.24. The van der Waals surface area contributed by atoms with Gasteiger partial charge in [-0.2, -0.15) is 0 Å². The second kappa shape index (κ2) is 7.99. The Morgan fingerprint density at radius 2 is 2.08 bits per heavy atom. The average molecular weight is 361 g/mol. The van der Waals surface area contributed by atoms with E-state index in [0.29, 0.717) is 11.7 Å². The number of pyridine rings is 1. The van der Waals surface area contributed by atoms with Gasteiger partial charge in [0.1, 0.15) is 12.0 Å². The van der Waals surface area contributed by atoms with Gasteiger partial charge in [0, 0.05) is 25.7 Å². The number of nitro groups is 1. The maximum Gasteiger partial charge on any atom is 0.288 e. The average Bonchev–Trinajstić information content (AvgIpc) is 2.63. The molecule has 8 heteroatoms. The van der Waals surface area contributed by atoms with Crippen LogP contribution in [-0.2, 0) is 0 Å². The van der Waals surface area contributed by atoms with Crippen molar-refractivity contribution >= 4 is 17.4 Å². The number of hydrogen-bond acceptors (Lipinski definition) is 6. The molecule has 1 aromatic heterocycles. The van der Waals surface area contributed by atoms with Crippen molar-refractivity contribution in [3.8, 4) is 0 Å². The zero-order chi connectivity index (χ0) is 18.7. The minimum atomic E-state index is -0.677. The van der Waals surface area contributed by atoms with Gasteiger partial charge in [0.2, 0.25) is 0 Å². The largest absolute Gasteiger partial charge is 0.365 e. The molecule has 8 nitrogen and oxygen atoms in total. The second-order valence-electron chi connectivity index (χ2n) is 7.62. The number of carbonyl (C=O) groups excluding carboxylic acids is 1. The molecule has 26 heavy (non-hydrogen) atoms. The highest BCUT2D eigenvalue weighted by atomic mass is 16.6. The molecule has 1 amide bonds. The van der Waals surface area contributed by atoms with E-state index in [2.05, 4.69) is 21.7 Å². The maximum absolute atomic E-state index is 11.8. The van der Waals surface area contributed by atoms with Gasteiger partial charge in [-0.1, -0.05) is 6.92 Å². The maximum atomic E-state index is 11.8. The van der Waals surface area contributed by atoms with Crippen LogP contribution in [-0.4, -0.2) is 53.4 Å². The topological polar surface area (TPSA) is 106 Å². The van der Waals surface area contributed by atoms with E-state index in [0.717, 1.165) is 51.5 Å². The Balaban J connectivity index is 1.71. The first-order valence-corrected chi connectivity index (χ1v) is 9.35. The molecule has 3 heterocycles. The van der Waals surface area contributed by atoms with E-state index >= 15 is 0 Å². The smallest absolute Gasteiger partial charge is 0.288 e. The number of piperidine rings is 2. The summed E-state index contributed by atoms with van der Waals surface area (Å²) in [5.41, 5.74) is 5.37. The summed E-state index contributed by atoms with van der Waals surface area (Å²) in [7, 11) is 0. The Kier molecular flexibility index (Phi) is 5.70. The number of aromatic nitrogens is 1. The molecule has 2 fully saturated rings. The first kappa shape index (κ1) is 18.6. The Bertz CT molecular complexity index is 673. The lowest BCUT2D eigenvalue weighted by Gasteiger charge is -2.38. The molecule has 3 rings (SSSR count). The van der Waals surface area contributed by atoms with Crippen molar-refractivity contribution in [2.24, 2.45) is 17.6 Å². The van der Waals surface area contributed by atoms with Crippen molar-refractivity contribution in [3.63, 3.8) is 0 Å². The summed E-state index contributed by atoms with van der Waals surface area (Å²) in [6.07, 6.45) is 5.89. The molecular weight excluding hydrogens is 334 g/mol. The Morgan fingerprint density at radius 3 is 2.73 bits per heavy atom. The van der Waals surface area contributed by atoms with E-state index in [1.807, 2.05) is 0 Å². The lowest BCUT2D eigenvalue weighted by molar-refractivity contribution is -0.385. The van der Waals surface area contributed by atoms with Gasteiger partial charge in [-0.05, 0) is 50.6 Å². The van der Waals surface area contributed by atoms with Crippen LogP contribution in [0.15, 0.2) is 12.3 Å². The summed E-state index contributed by atoms with van der Waals surface area (Å²) < 4.78 is 0. The van der Waals surface area contributed by atoms with Crippen LogP contribution < -0.4 is 10.6 Å². The van der Waals surface area contributed by atoms with Gasteiger partial charge in [-0.15, -0.1) is 0 Å². The van der Waals surface area contributed by atoms with Gasteiger partial charge >= 0.3 is 0 Å². The molecule has 2 aliphatic heterocycles. The molecule has 0 aliphatic carbocycles. The standard InChI is InChI=1S/C18H27N5O3/c1-13-4-7-21(8-5-13)11-14-3-2-6-22(12-14)18-16(17(19)24)9-15(10-20-18)23(25)26/h9-10,13-14H,2-8,11-12H2,1H3,(H2,19,24). The number of nitrogens with zero attached hydrogens (tertiary/aromatic N) is 4. The van der Waals surface area contributed by atoms with Crippen LogP contribution in [0.3, 0.4) is 0 Å². The molecule has 0 saturated carbocycles. The molecule has 1 atom stereocenters. The van der Waals surface area contributed by atoms with Crippen LogP contribution in [0.2, 0.25) is 0 Å². The summed E-state index contributed by atoms with van der Waals surface area (Å²) >= 11 is 0. The lowest BCUT2D eigenvalue weighted by atomic mass is 9.94. The van der Waals surface area contributed by atoms with Gasteiger partial charge in [-0.25, -0.2) is 4.98 Å². The van der Waals surface area contributed by atoms with E-state index in [4.69, 9.17) is 5.73 Å². The molecule has 0 radical (unpaired) electrons. The van der Waals surface area contributed by atoms with Gasteiger partial charge in [-0.3, -0.25) is 14.9 Å². The van der Waals surface area contributed by atoms with Crippen molar-refractivity contribution in [1.82, 2.24) is 9.88 Å². The van der Waals surface area contributed by atoms with E-state index in [1.165, 1.54) is 25.1 Å². The summed E-state index contributed by atoms with van der Waals surface area (Å²) in [5, 5.41) is 11.0. The van der Waals surface area contributed by atoms with Gasteiger partial charge < -0.3 is 15.5 Å². The third kappa shape index (κ3) is 4.30. The molecule has 142 valence electrons. The normalized spacial score (nSPS) is 22.3. The molecule has 2 aliphatic rings. The van der Waals surface area contributed by atoms with E-state index in [1.54, 1.807) is 0 Å². The minimum absolute atomic E-state index is 0.131. The first-order valence-electron chi connectivity index (χ1n) is 9.35. The third-order valence-corrected chi connectivity index (χ3v) is 5.54. The summed E-state index contributed by atoms with van der Waals surface area (Å²) in [6.45, 7) is 7.27. The molecule has 2 N–H and O–H groups in total. The molecular formula is C18H27N5O3. The van der Waals surface area contributed by atoms with E-state index in [-0.39, 0.29) is 11.3 Å². The molecule has 1 aromatic rings. The minimum Gasteiger partial charge on any atom is -0.365 e. The second-order valence-corrected chi connectivity index (χ2v) is 7.62. The number of anilines is 1. The van der Waals surface area contributed by atoms with E-state index < -0.39 is 10.8 Å². The van der Waals surface area contributed by atoms with Crippen molar-refractivity contribution in [2.45, 2.75) is 32.6 Å². The van der Waals surface area contributed by atoms with Crippen LogP contribution in [0, 0.1) is 22.0 Å². The highest BCUT2D eigenvalue weighted by molar-refractivity contribution is 5.98. The monoisotopic (exact) mass is 361 g/mol. The summed E-state index contributed by atoms with van der Waals surface area (Å²) in [5.74, 6) is 1.12. The number of primary amides is 1. The van der Waals surface area contributed by atoms with Gasteiger partial charge in [0.05, 0.1) is 10.5 Å². The van der Waals surface area contributed by atoms with E-state index in [9.17, 15) is 14.9 Å². The van der Waals surface area contributed by atoms with Crippen LogP contribution >= 0.6 is 0 Å². The fourth-order valence-electron chi connectivity index (χ4n) is 4.00. The van der Waals surface area contributed by atoms with Crippen LogP contribution in [0.25, 0.3) is 0 Å². The zero-order valence-electron chi connectivity index (χ0n) is 15.3. The predicted octanol–water partition coefficient (Wildman–Crippen LogP) is 2.04. The fourth-order valence-corrected chi connectivity index (χ4v) is 4.00. The highest BCUT2D eigenvalue weighted by Gasteiger charge is 2.27. The van der Waals surface area contributed by atoms with Crippen molar-refractivity contribution < 1.29 is 9.72 Å². The number of carbonyl (C=O) groups is 1. The zero-order valence-corrected chi connectivity index (χ0v) is 15.3. The fraction of sp³-hybridized carbons (Fsp3) is 0.667. The van der Waals surface area contributed by atoms with Crippen LogP contribution in [0.5, 0.6) is 0 Å². The number of hydrogen-bond donors (Lipinski definition) is 1. The Labute approximate surface area is 153 Å². The molecule has 1 unspecified atom stereocenters. The lowest BCUT2D eigenvalue weighted by Crippen LogP contribution is -2.44. The molecule has 0 aromatic carbocycles. The number of nitrogens with two attached hydrogens (primary N) is 1. The quantitative estimate of drug-likeness (QED) is 0.635. The molecule has 0 bridgehead atoms. The number of rotatable bonds is 5. The van der Waals surface area contributed by atoms with Crippen molar-refractivity contribution in [3.05, 3.63) is 27.9 Å². The number of likely N-dealkylation sites (tertiary alicyclic amines) is 1.